The lowest BCUT2D eigenvalue weighted by Gasteiger charge is -2.22. The van der Waals surface area contributed by atoms with Crippen LogP contribution in [0.1, 0.15) is 35.7 Å². The second-order valence-corrected chi connectivity index (χ2v) is 6.90. The van der Waals surface area contributed by atoms with Crippen LogP contribution in [0.25, 0.3) is 0 Å². The van der Waals surface area contributed by atoms with E-state index in [4.69, 9.17) is 0 Å². The van der Waals surface area contributed by atoms with Crippen LogP contribution in [-0.2, 0) is 4.79 Å². The number of hydrogen-bond donors (Lipinski definition) is 0. The molecule has 2 atom stereocenters. The van der Waals surface area contributed by atoms with Gasteiger partial charge in [0.15, 0.2) is 12.1 Å². The zero-order chi connectivity index (χ0) is 18.8. The maximum Gasteiger partial charge on any atom is 0.307 e. The molecule has 1 heterocycles. The van der Waals surface area contributed by atoms with E-state index in [1.165, 1.54) is 5.56 Å². The van der Waals surface area contributed by atoms with E-state index >= 15 is 0 Å². The number of hydrogen-bond acceptors (Lipinski definition) is 1. The van der Waals surface area contributed by atoms with Crippen LogP contribution in [0, 0.1) is 0 Å². The van der Waals surface area contributed by atoms with Gasteiger partial charge in [-0.1, -0.05) is 78.9 Å². The first-order valence-electron chi connectivity index (χ1n) is 9.23. The van der Waals surface area contributed by atoms with Crippen LogP contribution in [0.4, 0.5) is 0 Å². The Balaban J connectivity index is 0.00000225. The van der Waals surface area contributed by atoms with Crippen LogP contribution in [0.15, 0.2) is 91.0 Å². The molecule has 3 nitrogen and oxygen atoms in total. The molecule has 0 saturated heterocycles. The molecule has 0 bridgehead atoms. The molecule has 0 N–H and O–H groups in total. The topological polar surface area (TPSA) is 23.3 Å². The highest BCUT2D eigenvalue weighted by atomic mass is 127. The van der Waals surface area contributed by atoms with Gasteiger partial charge < -0.3 is 24.0 Å². The smallest absolute Gasteiger partial charge is 0.307 e. The van der Waals surface area contributed by atoms with Crippen molar-refractivity contribution in [2.75, 3.05) is 7.05 Å². The molecular weight excluding hydrogens is 459 g/mol. The maximum atomic E-state index is 12.8. The first kappa shape index (κ1) is 20.3. The number of halogens is 1. The Morgan fingerprint density at radius 3 is 1.75 bits per heavy atom. The van der Waals surface area contributed by atoms with Crippen LogP contribution < -0.4 is 24.0 Å². The van der Waals surface area contributed by atoms with E-state index < -0.39 is 0 Å². The summed E-state index contributed by atoms with van der Waals surface area (Å²) in [5.41, 5.74) is 3.39. The lowest BCUT2D eigenvalue weighted by Crippen LogP contribution is -3.00. The third kappa shape index (κ3) is 3.61. The number of amidine groups is 1. The van der Waals surface area contributed by atoms with E-state index in [0.29, 0.717) is 0 Å². The van der Waals surface area contributed by atoms with Gasteiger partial charge in [-0.25, -0.2) is 4.79 Å². The number of rotatable bonds is 3. The van der Waals surface area contributed by atoms with Gasteiger partial charge in [0.05, 0.1) is 12.6 Å². The fourth-order valence-electron chi connectivity index (χ4n) is 4.10. The van der Waals surface area contributed by atoms with Gasteiger partial charge in [0.25, 0.3) is 5.84 Å². The minimum absolute atomic E-state index is 0. The van der Waals surface area contributed by atoms with E-state index in [2.05, 4.69) is 60.2 Å². The third-order valence-corrected chi connectivity index (χ3v) is 5.21. The summed E-state index contributed by atoms with van der Waals surface area (Å²) in [7, 11) is 2.08. The van der Waals surface area contributed by atoms with Crippen molar-refractivity contribution in [3.63, 3.8) is 0 Å². The van der Waals surface area contributed by atoms with E-state index in [1.807, 2.05) is 47.4 Å². The molecule has 3 aromatic carbocycles. The standard InChI is InChI=1S/C24H23N2O.HI/c1-18(27)26-23(20-14-8-4-9-15-20)22(19-12-6-3-7-13-19)25(2)24(26)21-16-10-5-11-17-21;/h3-17,22-23H,1-2H3;1H/q+1;/p-1/t22-,23-;/m1./s1. The quantitative estimate of drug-likeness (QED) is 0.410. The minimum Gasteiger partial charge on any atom is -1.00 e. The summed E-state index contributed by atoms with van der Waals surface area (Å²) in [5, 5.41) is 0. The Morgan fingerprint density at radius 1 is 0.786 bits per heavy atom. The SMILES string of the molecule is CC(=O)N1C(c2ccccc2)=[N+](C)[C@H](c2ccccc2)[C@H]1c1ccccc1.[I-]. The average molecular weight is 482 g/mol. The zero-order valence-electron chi connectivity index (χ0n) is 16.0. The Kier molecular flexibility index (Phi) is 6.29. The van der Waals surface area contributed by atoms with E-state index in [-0.39, 0.29) is 42.0 Å². The molecule has 1 amide bonds. The number of benzene rings is 3. The van der Waals surface area contributed by atoms with Crippen molar-refractivity contribution < 1.29 is 33.3 Å². The molecule has 28 heavy (non-hydrogen) atoms. The van der Waals surface area contributed by atoms with Crippen molar-refractivity contribution >= 4 is 11.7 Å². The maximum absolute atomic E-state index is 12.8. The Hall–Kier alpha value is -2.47. The number of amides is 1. The van der Waals surface area contributed by atoms with Crippen molar-refractivity contribution in [3.8, 4) is 0 Å². The second-order valence-electron chi connectivity index (χ2n) is 6.90. The first-order valence-corrected chi connectivity index (χ1v) is 9.23. The Bertz CT molecular complexity index is 971. The molecule has 4 heteroatoms. The molecule has 0 fully saturated rings. The van der Waals surface area contributed by atoms with Gasteiger partial charge in [0.2, 0.25) is 0 Å². The van der Waals surface area contributed by atoms with Gasteiger partial charge in [-0.3, -0.25) is 4.58 Å². The van der Waals surface area contributed by atoms with Crippen molar-refractivity contribution in [1.29, 1.82) is 0 Å². The van der Waals surface area contributed by atoms with Crippen LogP contribution in [0.2, 0.25) is 0 Å². The third-order valence-electron chi connectivity index (χ3n) is 5.21. The molecule has 0 spiro atoms. The van der Waals surface area contributed by atoms with Gasteiger partial charge in [-0.2, -0.15) is 4.90 Å². The average Bonchev–Trinajstić information content (AvgIpc) is 3.03. The van der Waals surface area contributed by atoms with Crippen molar-refractivity contribution in [2.45, 2.75) is 19.0 Å². The second kappa shape index (κ2) is 8.69. The van der Waals surface area contributed by atoms with E-state index in [0.717, 1.165) is 17.0 Å². The van der Waals surface area contributed by atoms with Gasteiger partial charge in [0, 0.05) is 18.1 Å². The first-order chi connectivity index (χ1) is 13.2. The predicted octanol–water partition coefficient (Wildman–Crippen LogP) is 1.42. The molecule has 0 unspecified atom stereocenters. The summed E-state index contributed by atoms with van der Waals surface area (Å²) in [6.45, 7) is 1.65. The van der Waals surface area contributed by atoms with E-state index in [1.54, 1.807) is 6.92 Å². The highest BCUT2D eigenvalue weighted by Crippen LogP contribution is 2.42. The van der Waals surface area contributed by atoms with E-state index in [9.17, 15) is 4.79 Å². The number of likely N-dealkylation sites (N-methyl/N-ethyl adjacent to an activating group) is 1. The predicted molar refractivity (Wildman–Crippen MR) is 108 cm³/mol. The highest BCUT2D eigenvalue weighted by Gasteiger charge is 2.50. The molecule has 0 aliphatic carbocycles. The Morgan fingerprint density at radius 2 is 1.25 bits per heavy atom. The summed E-state index contributed by atoms with van der Waals surface area (Å²) in [5.74, 6) is 0.999. The number of nitrogens with zero attached hydrogens (tertiary/aromatic N) is 2. The largest absolute Gasteiger partial charge is 1.00 e. The minimum atomic E-state index is -0.0775. The van der Waals surface area contributed by atoms with Crippen LogP contribution in [-0.4, -0.2) is 28.3 Å². The van der Waals surface area contributed by atoms with Crippen LogP contribution in [0.3, 0.4) is 0 Å². The molecular formula is C24H23IN2O. The summed E-state index contributed by atoms with van der Waals surface area (Å²) in [6, 6.07) is 30.9. The summed E-state index contributed by atoms with van der Waals surface area (Å²) in [6.07, 6.45) is 0. The van der Waals surface area contributed by atoms with Crippen molar-refractivity contribution in [2.24, 2.45) is 0 Å². The fraction of sp³-hybridized carbons (Fsp3) is 0.167. The summed E-state index contributed by atoms with van der Waals surface area (Å²) in [4.78, 5) is 14.8. The normalized spacial score (nSPS) is 18.7. The molecule has 142 valence electrons. The van der Waals surface area contributed by atoms with Crippen molar-refractivity contribution in [1.82, 2.24) is 4.90 Å². The van der Waals surface area contributed by atoms with Gasteiger partial charge in [-0.05, 0) is 12.1 Å². The molecule has 0 radical (unpaired) electrons. The number of carbonyl (C=O) groups excluding carboxylic acids is 1. The van der Waals surface area contributed by atoms with Gasteiger partial charge >= 0.3 is 5.91 Å². The molecule has 4 rings (SSSR count). The summed E-state index contributed by atoms with van der Waals surface area (Å²) >= 11 is 0. The lowest BCUT2D eigenvalue weighted by molar-refractivity contribution is -0.538. The van der Waals surface area contributed by atoms with Gasteiger partial charge in [-0.15, -0.1) is 0 Å². The summed E-state index contributed by atoms with van der Waals surface area (Å²) < 4.78 is 2.24. The lowest BCUT2D eigenvalue weighted by atomic mass is 9.93. The molecule has 0 aromatic heterocycles. The Labute approximate surface area is 183 Å². The zero-order valence-corrected chi connectivity index (χ0v) is 18.2. The molecule has 3 aromatic rings. The number of carbonyl (C=O) groups is 1. The highest BCUT2D eigenvalue weighted by molar-refractivity contribution is 6.06. The molecule has 1 aliphatic heterocycles. The van der Waals surface area contributed by atoms with Crippen LogP contribution in [0.5, 0.6) is 0 Å². The van der Waals surface area contributed by atoms with Gasteiger partial charge in [0.1, 0.15) is 0 Å². The molecule has 1 aliphatic rings. The monoisotopic (exact) mass is 482 g/mol. The molecule has 0 saturated carbocycles. The van der Waals surface area contributed by atoms with Crippen molar-refractivity contribution in [3.05, 3.63) is 108 Å². The fourth-order valence-corrected chi connectivity index (χ4v) is 4.10. The van der Waals surface area contributed by atoms with Crippen LogP contribution >= 0.6 is 0 Å².